The predicted molar refractivity (Wildman–Crippen MR) is 136 cm³/mol. The van der Waals surface area contributed by atoms with Crippen LogP contribution in [0.4, 0.5) is 11.5 Å². The lowest BCUT2D eigenvalue weighted by Crippen LogP contribution is -2.43. The van der Waals surface area contributed by atoms with Crippen LogP contribution in [0.5, 0.6) is 0 Å². The van der Waals surface area contributed by atoms with Crippen molar-refractivity contribution >= 4 is 49.7 Å². The van der Waals surface area contributed by atoms with Crippen LogP contribution < -0.4 is 20.9 Å². The number of pyridine rings is 2. The highest BCUT2D eigenvalue weighted by Gasteiger charge is 2.25. The number of nitrogens with zero attached hydrogens (tertiary/aromatic N) is 3. The molecule has 3 N–H and O–H groups in total. The molecule has 0 aliphatic carbocycles. The van der Waals surface area contributed by atoms with Gasteiger partial charge in [-0.15, -0.1) is 11.3 Å². The van der Waals surface area contributed by atoms with Gasteiger partial charge in [-0.1, -0.05) is 0 Å². The lowest BCUT2D eigenvalue weighted by molar-refractivity contribution is 0.0949. The van der Waals surface area contributed by atoms with E-state index in [2.05, 4.69) is 58.1 Å². The van der Waals surface area contributed by atoms with E-state index in [1.54, 1.807) is 0 Å². The van der Waals surface area contributed by atoms with E-state index in [0.717, 1.165) is 74.8 Å². The summed E-state index contributed by atoms with van der Waals surface area (Å²) in [4.78, 5) is 25.5. The smallest absolute Gasteiger partial charge is 0.263 e. The molecule has 6 rings (SSSR count). The third-order valence-electron chi connectivity index (χ3n) is 6.50. The number of fused-ring (bicyclic) bond motifs is 5. The summed E-state index contributed by atoms with van der Waals surface area (Å²) in [6, 6.07) is 10.6. The molecule has 168 valence electrons. The first-order valence-corrected chi connectivity index (χ1v) is 12.2. The molecule has 0 unspecified atom stereocenters. The van der Waals surface area contributed by atoms with Crippen molar-refractivity contribution in [3.63, 3.8) is 0 Å². The molecule has 3 aromatic heterocycles. The number of hydrogen-bond donors (Lipinski definition) is 3. The molecule has 1 amide bonds. The van der Waals surface area contributed by atoms with E-state index in [-0.39, 0.29) is 11.9 Å². The maximum absolute atomic E-state index is 12.7. The Morgan fingerprint density at radius 2 is 2.00 bits per heavy atom. The van der Waals surface area contributed by atoms with Crippen LogP contribution in [0.1, 0.15) is 22.2 Å². The number of anilines is 2. The number of piperazine rings is 1. The molecule has 2 aliphatic rings. The van der Waals surface area contributed by atoms with E-state index in [1.807, 2.05) is 13.1 Å². The molecular weight excluding hydrogens is 432 g/mol. The molecule has 4 aromatic rings. The van der Waals surface area contributed by atoms with Gasteiger partial charge in [0.25, 0.3) is 5.91 Å². The monoisotopic (exact) mass is 458 g/mol. The number of hydrogen-bond acceptors (Lipinski definition) is 7. The topological polar surface area (TPSA) is 82.2 Å². The molecule has 33 heavy (non-hydrogen) atoms. The summed E-state index contributed by atoms with van der Waals surface area (Å²) in [5.41, 5.74) is 4.98. The highest BCUT2D eigenvalue weighted by Crippen LogP contribution is 2.41. The molecule has 8 heteroatoms. The van der Waals surface area contributed by atoms with Gasteiger partial charge in [0.2, 0.25) is 0 Å². The molecule has 5 heterocycles. The van der Waals surface area contributed by atoms with Crippen LogP contribution in [0.3, 0.4) is 0 Å². The van der Waals surface area contributed by atoms with Crippen molar-refractivity contribution in [3.05, 3.63) is 47.0 Å². The van der Waals surface area contributed by atoms with E-state index in [9.17, 15) is 4.79 Å². The summed E-state index contributed by atoms with van der Waals surface area (Å²) in [6.07, 6.45) is 1.95. The number of amides is 1. The molecule has 1 saturated heterocycles. The Kier molecular flexibility index (Phi) is 4.92. The van der Waals surface area contributed by atoms with Gasteiger partial charge >= 0.3 is 0 Å². The Morgan fingerprint density at radius 1 is 1.15 bits per heavy atom. The molecule has 0 radical (unpaired) electrons. The zero-order chi connectivity index (χ0) is 22.5. The van der Waals surface area contributed by atoms with Gasteiger partial charge in [-0.2, -0.15) is 0 Å². The third kappa shape index (κ3) is 3.50. The average Bonchev–Trinajstić information content (AvgIpc) is 3.15. The van der Waals surface area contributed by atoms with Gasteiger partial charge in [-0.3, -0.25) is 4.79 Å². The number of rotatable bonds is 2. The standard InChI is InChI=1S/C25H26N6OS/c1-14-11-21(31-9-7-26-8-10-31)27-13-17(14)19-4-3-16-18(30-19)5-6-20-22(16)23-24(33-20)25(32)29-15(2)12-28-23/h3-6,11,13,15,26,28H,7-10,12H2,1-2H3,(H,29,32)/t15-/m1/s1. The first-order chi connectivity index (χ1) is 16.1. The lowest BCUT2D eigenvalue weighted by Gasteiger charge is -2.28. The van der Waals surface area contributed by atoms with Gasteiger partial charge in [-0.25, -0.2) is 9.97 Å². The predicted octanol–water partition coefficient (Wildman–Crippen LogP) is 3.77. The summed E-state index contributed by atoms with van der Waals surface area (Å²) >= 11 is 1.53. The van der Waals surface area contributed by atoms with Gasteiger partial charge in [0.15, 0.2) is 0 Å². The van der Waals surface area contributed by atoms with E-state index in [0.29, 0.717) is 6.54 Å². The van der Waals surface area contributed by atoms with Gasteiger partial charge in [-0.05, 0) is 49.7 Å². The summed E-state index contributed by atoms with van der Waals surface area (Å²) in [5.74, 6) is 1.02. The number of benzene rings is 1. The first kappa shape index (κ1) is 20.4. The quantitative estimate of drug-likeness (QED) is 0.424. The number of aryl methyl sites for hydroxylation is 1. The second kappa shape index (κ2) is 7.97. The van der Waals surface area contributed by atoms with E-state index in [4.69, 9.17) is 9.97 Å². The SMILES string of the molecule is Cc1cc(N2CCNCC2)ncc1-c1ccc2c(ccc3sc4c(c32)NC[C@@H](C)NC4=O)n1. The minimum Gasteiger partial charge on any atom is -0.381 e. The molecule has 1 aromatic carbocycles. The fourth-order valence-corrected chi connectivity index (χ4v) is 5.85. The van der Waals surface area contributed by atoms with Crippen molar-refractivity contribution in [2.24, 2.45) is 0 Å². The van der Waals surface area contributed by atoms with E-state index < -0.39 is 0 Å². The molecule has 2 aliphatic heterocycles. The Bertz CT molecular complexity index is 1390. The number of aromatic nitrogens is 2. The van der Waals surface area contributed by atoms with Crippen molar-refractivity contribution in [2.45, 2.75) is 19.9 Å². The van der Waals surface area contributed by atoms with Crippen LogP contribution in [-0.4, -0.2) is 54.6 Å². The molecule has 1 fully saturated rings. The third-order valence-corrected chi connectivity index (χ3v) is 7.66. The Balaban J connectivity index is 1.42. The van der Waals surface area contributed by atoms with Crippen LogP contribution in [-0.2, 0) is 0 Å². The number of carbonyl (C=O) groups is 1. The van der Waals surface area contributed by atoms with Gasteiger partial charge in [0, 0.05) is 66.0 Å². The minimum atomic E-state index is -0.00675. The van der Waals surface area contributed by atoms with E-state index >= 15 is 0 Å². The van der Waals surface area contributed by atoms with Crippen LogP contribution in [0.25, 0.3) is 32.2 Å². The van der Waals surface area contributed by atoms with Crippen LogP contribution in [0, 0.1) is 6.92 Å². The Labute approximate surface area is 196 Å². The summed E-state index contributed by atoms with van der Waals surface area (Å²) in [6.45, 7) is 8.78. The van der Waals surface area contributed by atoms with Gasteiger partial charge in [0.1, 0.15) is 10.7 Å². The van der Waals surface area contributed by atoms with Crippen LogP contribution in [0.15, 0.2) is 36.5 Å². The van der Waals surface area contributed by atoms with Crippen molar-refractivity contribution in [1.29, 1.82) is 0 Å². The van der Waals surface area contributed by atoms with E-state index in [1.165, 1.54) is 16.9 Å². The zero-order valence-electron chi connectivity index (χ0n) is 18.7. The largest absolute Gasteiger partial charge is 0.381 e. The normalized spacial score (nSPS) is 18.7. The first-order valence-electron chi connectivity index (χ1n) is 11.4. The number of nitrogens with one attached hydrogen (secondary N) is 3. The van der Waals surface area contributed by atoms with Crippen LogP contribution >= 0.6 is 11.3 Å². The van der Waals surface area contributed by atoms with Gasteiger partial charge < -0.3 is 20.9 Å². The summed E-state index contributed by atoms with van der Waals surface area (Å²) in [5, 5.41) is 12.1. The molecule has 1 atom stereocenters. The fraction of sp³-hybridized carbons (Fsp3) is 0.320. The molecule has 0 saturated carbocycles. The highest BCUT2D eigenvalue weighted by molar-refractivity contribution is 7.21. The van der Waals surface area contributed by atoms with Crippen molar-refractivity contribution in [3.8, 4) is 11.3 Å². The maximum Gasteiger partial charge on any atom is 0.263 e. The molecular formula is C25H26N6OS. The lowest BCUT2D eigenvalue weighted by atomic mass is 10.0. The zero-order valence-corrected chi connectivity index (χ0v) is 19.6. The highest BCUT2D eigenvalue weighted by atomic mass is 32.1. The van der Waals surface area contributed by atoms with Crippen LogP contribution in [0.2, 0.25) is 0 Å². The van der Waals surface area contributed by atoms with Crippen molar-refractivity contribution < 1.29 is 4.79 Å². The number of carbonyl (C=O) groups excluding carboxylic acids is 1. The molecule has 0 bridgehead atoms. The molecule has 0 spiro atoms. The minimum absolute atomic E-state index is 0.00675. The summed E-state index contributed by atoms with van der Waals surface area (Å²) < 4.78 is 1.09. The van der Waals surface area contributed by atoms with Crippen molar-refractivity contribution in [1.82, 2.24) is 20.6 Å². The number of thiophene rings is 1. The second-order valence-corrected chi connectivity index (χ2v) is 9.91. The second-order valence-electron chi connectivity index (χ2n) is 8.86. The average molecular weight is 459 g/mol. The molecule has 7 nitrogen and oxygen atoms in total. The summed E-state index contributed by atoms with van der Waals surface area (Å²) in [7, 11) is 0. The Morgan fingerprint density at radius 3 is 2.82 bits per heavy atom. The van der Waals surface area contributed by atoms with Crippen molar-refractivity contribution in [2.75, 3.05) is 42.9 Å². The fourth-order valence-electron chi connectivity index (χ4n) is 4.75. The Hall–Kier alpha value is -3.23. The maximum atomic E-state index is 12.7. The van der Waals surface area contributed by atoms with Gasteiger partial charge in [0.05, 0.1) is 16.9 Å².